The van der Waals surface area contributed by atoms with Crippen LogP contribution in [0.15, 0.2) is 35.4 Å². The van der Waals surface area contributed by atoms with Gasteiger partial charge in [0.15, 0.2) is 5.69 Å². The van der Waals surface area contributed by atoms with Gasteiger partial charge in [-0.1, -0.05) is 31.2 Å². The van der Waals surface area contributed by atoms with Crippen LogP contribution in [0, 0.1) is 0 Å². The number of hydrogen-bond donors (Lipinski definition) is 2. The van der Waals surface area contributed by atoms with Crippen molar-refractivity contribution in [3.8, 4) is 0 Å². The molecular weight excluding hydrogens is 264 g/mol. The van der Waals surface area contributed by atoms with Crippen LogP contribution >= 0.6 is 0 Å². The molecule has 0 unspecified atom stereocenters. The minimum absolute atomic E-state index is 0.292. The molecule has 21 heavy (non-hydrogen) atoms. The van der Waals surface area contributed by atoms with Crippen molar-refractivity contribution in [3.63, 3.8) is 0 Å². The first kappa shape index (κ1) is 13.5. The molecule has 5 heteroatoms. The molecule has 2 aromatic rings. The summed E-state index contributed by atoms with van der Waals surface area (Å²) in [5, 5.41) is 10.9. The van der Waals surface area contributed by atoms with Gasteiger partial charge in [-0.3, -0.25) is 9.89 Å². The van der Waals surface area contributed by atoms with Gasteiger partial charge in [0.25, 0.3) is 5.91 Å². The fourth-order valence-electron chi connectivity index (χ4n) is 2.12. The number of hydrogen-bond acceptors (Lipinski definition) is 3. The standard InChI is InChI=1S/C16H18N4O/c1-2-11-3-5-12(6-4-11)10-17-20-16(21)15-9-14(18-19-15)13-7-8-13/h3-6,9-10,13H,2,7-8H2,1H3,(H,18,19)(H,20,21)/b17-10+. The van der Waals surface area contributed by atoms with Crippen molar-refractivity contribution in [3.05, 3.63) is 52.8 Å². The van der Waals surface area contributed by atoms with Crippen LogP contribution < -0.4 is 5.43 Å². The number of benzene rings is 1. The van der Waals surface area contributed by atoms with E-state index < -0.39 is 0 Å². The Balaban J connectivity index is 1.57. The highest BCUT2D eigenvalue weighted by molar-refractivity contribution is 5.93. The predicted molar refractivity (Wildman–Crippen MR) is 81.4 cm³/mol. The maximum atomic E-state index is 11.9. The molecule has 0 saturated heterocycles. The third-order valence-electron chi connectivity index (χ3n) is 3.62. The number of aromatic nitrogens is 2. The summed E-state index contributed by atoms with van der Waals surface area (Å²) in [6, 6.07) is 9.87. The first-order valence-corrected chi connectivity index (χ1v) is 7.24. The molecule has 2 N–H and O–H groups in total. The third kappa shape index (κ3) is 3.37. The number of rotatable bonds is 5. The molecule has 0 atom stereocenters. The molecule has 1 heterocycles. The van der Waals surface area contributed by atoms with Gasteiger partial charge in [0.1, 0.15) is 0 Å². The van der Waals surface area contributed by atoms with E-state index in [-0.39, 0.29) is 5.91 Å². The Bertz CT molecular complexity index is 653. The number of H-pyrrole nitrogens is 1. The molecular formula is C16H18N4O. The van der Waals surface area contributed by atoms with Crippen molar-refractivity contribution < 1.29 is 4.79 Å². The Kier molecular flexibility index (Phi) is 3.81. The quantitative estimate of drug-likeness (QED) is 0.653. The number of nitrogens with one attached hydrogen (secondary N) is 2. The summed E-state index contributed by atoms with van der Waals surface area (Å²) < 4.78 is 0. The van der Waals surface area contributed by atoms with E-state index in [1.807, 2.05) is 12.1 Å². The lowest BCUT2D eigenvalue weighted by Gasteiger charge is -1.97. The average Bonchev–Trinajstić information content (AvgIpc) is 3.25. The van der Waals surface area contributed by atoms with Gasteiger partial charge in [-0.15, -0.1) is 0 Å². The second-order valence-corrected chi connectivity index (χ2v) is 5.28. The summed E-state index contributed by atoms with van der Waals surface area (Å²) in [5.74, 6) is 0.263. The molecule has 5 nitrogen and oxygen atoms in total. The summed E-state index contributed by atoms with van der Waals surface area (Å²) in [7, 11) is 0. The molecule has 0 bridgehead atoms. The lowest BCUT2D eigenvalue weighted by atomic mass is 10.1. The third-order valence-corrected chi connectivity index (χ3v) is 3.62. The molecule has 108 valence electrons. The second-order valence-electron chi connectivity index (χ2n) is 5.28. The molecule has 0 spiro atoms. The predicted octanol–water partition coefficient (Wildman–Crippen LogP) is 2.61. The number of carbonyl (C=O) groups is 1. The molecule has 1 aromatic carbocycles. The largest absolute Gasteiger partial charge is 0.291 e. The minimum atomic E-state index is -0.292. The molecule has 1 aliphatic carbocycles. The summed E-state index contributed by atoms with van der Waals surface area (Å²) in [5.41, 5.74) is 6.15. The zero-order valence-corrected chi connectivity index (χ0v) is 12.0. The van der Waals surface area contributed by atoms with Crippen molar-refractivity contribution >= 4 is 12.1 Å². The molecule has 1 aromatic heterocycles. The molecule has 1 saturated carbocycles. The van der Waals surface area contributed by atoms with Crippen LogP contribution in [-0.2, 0) is 6.42 Å². The Labute approximate surface area is 123 Å². The molecule has 0 radical (unpaired) electrons. The van der Waals surface area contributed by atoms with E-state index in [1.54, 1.807) is 12.3 Å². The van der Waals surface area contributed by atoms with Crippen LogP contribution in [0.4, 0.5) is 0 Å². The molecule has 0 aliphatic heterocycles. The minimum Gasteiger partial charge on any atom is -0.281 e. The smallest absolute Gasteiger partial charge is 0.281 e. The van der Waals surface area contributed by atoms with E-state index >= 15 is 0 Å². The van der Waals surface area contributed by atoms with E-state index in [1.165, 1.54) is 18.4 Å². The van der Waals surface area contributed by atoms with Crippen LogP contribution in [0.1, 0.15) is 53.0 Å². The van der Waals surface area contributed by atoms with Crippen molar-refractivity contribution in [2.24, 2.45) is 5.10 Å². The van der Waals surface area contributed by atoms with E-state index in [2.05, 4.69) is 39.8 Å². The van der Waals surface area contributed by atoms with Gasteiger partial charge >= 0.3 is 0 Å². The van der Waals surface area contributed by atoms with Gasteiger partial charge < -0.3 is 0 Å². The van der Waals surface area contributed by atoms with Gasteiger partial charge in [-0.25, -0.2) is 5.43 Å². The summed E-state index contributed by atoms with van der Waals surface area (Å²) >= 11 is 0. The fourth-order valence-corrected chi connectivity index (χ4v) is 2.12. The number of hydrazone groups is 1. The van der Waals surface area contributed by atoms with Gasteiger partial charge in [-0.05, 0) is 36.5 Å². The SMILES string of the molecule is CCc1ccc(/C=N/NC(=O)c2cc(C3CC3)[nH]n2)cc1. The van der Waals surface area contributed by atoms with Crippen molar-refractivity contribution in [1.29, 1.82) is 0 Å². The maximum Gasteiger partial charge on any atom is 0.291 e. The average molecular weight is 282 g/mol. The van der Waals surface area contributed by atoms with Crippen molar-refractivity contribution in [2.45, 2.75) is 32.1 Å². The maximum absolute atomic E-state index is 11.9. The Morgan fingerprint density at radius 3 is 2.86 bits per heavy atom. The zero-order chi connectivity index (χ0) is 14.7. The summed E-state index contributed by atoms with van der Waals surface area (Å²) in [4.78, 5) is 11.9. The first-order chi connectivity index (χ1) is 10.3. The number of aromatic amines is 1. The number of amides is 1. The highest BCUT2D eigenvalue weighted by atomic mass is 16.2. The lowest BCUT2D eigenvalue weighted by molar-refractivity contribution is 0.0950. The van der Waals surface area contributed by atoms with E-state index in [9.17, 15) is 4.79 Å². The van der Waals surface area contributed by atoms with Gasteiger partial charge in [0.05, 0.1) is 6.21 Å². The second kappa shape index (κ2) is 5.91. The van der Waals surface area contributed by atoms with Crippen LogP contribution in [-0.4, -0.2) is 22.3 Å². The molecule has 3 rings (SSSR count). The van der Waals surface area contributed by atoms with E-state index in [0.717, 1.165) is 17.7 Å². The number of carbonyl (C=O) groups excluding carboxylic acids is 1. The van der Waals surface area contributed by atoms with Crippen LogP contribution in [0.3, 0.4) is 0 Å². The van der Waals surface area contributed by atoms with Crippen LogP contribution in [0.2, 0.25) is 0 Å². The first-order valence-electron chi connectivity index (χ1n) is 7.24. The molecule has 1 fully saturated rings. The van der Waals surface area contributed by atoms with Gasteiger partial charge in [0, 0.05) is 11.6 Å². The highest BCUT2D eigenvalue weighted by Gasteiger charge is 2.26. The highest BCUT2D eigenvalue weighted by Crippen LogP contribution is 2.38. The zero-order valence-electron chi connectivity index (χ0n) is 12.0. The topological polar surface area (TPSA) is 70.1 Å². The Morgan fingerprint density at radius 2 is 2.19 bits per heavy atom. The van der Waals surface area contributed by atoms with Crippen LogP contribution in [0.5, 0.6) is 0 Å². The van der Waals surface area contributed by atoms with Crippen LogP contribution in [0.25, 0.3) is 0 Å². The van der Waals surface area contributed by atoms with Crippen molar-refractivity contribution in [1.82, 2.24) is 15.6 Å². The summed E-state index contributed by atoms with van der Waals surface area (Å²) in [6.07, 6.45) is 4.99. The molecule has 1 amide bonds. The Morgan fingerprint density at radius 1 is 1.43 bits per heavy atom. The number of aryl methyl sites for hydroxylation is 1. The summed E-state index contributed by atoms with van der Waals surface area (Å²) in [6.45, 7) is 2.11. The fraction of sp³-hybridized carbons (Fsp3) is 0.312. The molecule has 1 aliphatic rings. The lowest BCUT2D eigenvalue weighted by Crippen LogP contribution is -2.18. The van der Waals surface area contributed by atoms with Gasteiger partial charge in [0.2, 0.25) is 0 Å². The van der Waals surface area contributed by atoms with Gasteiger partial charge in [-0.2, -0.15) is 10.2 Å². The monoisotopic (exact) mass is 282 g/mol. The van der Waals surface area contributed by atoms with Crippen molar-refractivity contribution in [2.75, 3.05) is 0 Å². The Hall–Kier alpha value is -2.43. The van der Waals surface area contributed by atoms with E-state index in [0.29, 0.717) is 11.6 Å². The number of nitrogens with zero attached hydrogens (tertiary/aromatic N) is 2. The van der Waals surface area contributed by atoms with E-state index in [4.69, 9.17) is 0 Å². The normalized spacial score (nSPS) is 14.5.